The summed E-state index contributed by atoms with van der Waals surface area (Å²) in [6, 6.07) is 11.7. The first-order valence-corrected chi connectivity index (χ1v) is 4.30. The van der Waals surface area contributed by atoms with Gasteiger partial charge < -0.3 is 4.57 Å². The molecule has 0 spiro atoms. The molecular formula is C11H12N. The maximum Gasteiger partial charge on any atom is 0.0488 e. The van der Waals surface area contributed by atoms with Crippen molar-refractivity contribution in [3.63, 3.8) is 0 Å². The normalized spacial score (nSPS) is 10.8. The Labute approximate surface area is 72.6 Å². The minimum Gasteiger partial charge on any atom is -0.345 e. The van der Waals surface area contributed by atoms with E-state index in [0.717, 1.165) is 6.54 Å². The average molecular weight is 158 g/mol. The van der Waals surface area contributed by atoms with Crippen molar-refractivity contribution in [2.75, 3.05) is 0 Å². The molecule has 1 heteroatoms. The maximum absolute atomic E-state index is 3.34. The van der Waals surface area contributed by atoms with E-state index in [1.54, 1.807) is 0 Å². The summed E-state index contributed by atoms with van der Waals surface area (Å²) in [5, 5.41) is 1.22. The predicted octanol–water partition coefficient (Wildman–Crippen LogP) is 2.77. The predicted molar refractivity (Wildman–Crippen MR) is 51.2 cm³/mol. The minimum absolute atomic E-state index is 1.02. The van der Waals surface area contributed by atoms with Crippen LogP contribution < -0.4 is 0 Å². The molecule has 0 saturated heterocycles. The molecule has 2 rings (SSSR count). The molecule has 61 valence electrons. The van der Waals surface area contributed by atoms with Crippen molar-refractivity contribution in [3.8, 4) is 0 Å². The number of hydrogen-bond donors (Lipinski definition) is 0. The lowest BCUT2D eigenvalue weighted by molar-refractivity contribution is 0.769. The van der Waals surface area contributed by atoms with Gasteiger partial charge in [-0.05, 0) is 19.9 Å². The lowest BCUT2D eigenvalue weighted by Crippen LogP contribution is -1.94. The lowest BCUT2D eigenvalue weighted by Gasteiger charge is -2.02. The van der Waals surface area contributed by atoms with Crippen molar-refractivity contribution in [1.82, 2.24) is 4.57 Å². The molecular weight excluding hydrogens is 146 g/mol. The molecule has 12 heavy (non-hydrogen) atoms. The highest BCUT2D eigenvalue weighted by Crippen LogP contribution is 2.17. The number of nitrogens with zero attached hydrogens (tertiary/aromatic N) is 1. The van der Waals surface area contributed by atoms with Crippen LogP contribution in [-0.4, -0.2) is 4.57 Å². The topological polar surface area (TPSA) is 4.93 Å². The van der Waals surface area contributed by atoms with Gasteiger partial charge in [-0.25, -0.2) is 0 Å². The number of aromatic nitrogens is 1. The van der Waals surface area contributed by atoms with E-state index in [9.17, 15) is 0 Å². The average Bonchev–Trinajstić information content (AvgIpc) is 2.40. The van der Waals surface area contributed by atoms with Crippen LogP contribution in [0.1, 0.15) is 12.6 Å². The Hall–Kier alpha value is -1.24. The highest BCUT2D eigenvalue weighted by Gasteiger charge is 2.01. The van der Waals surface area contributed by atoms with E-state index in [-0.39, 0.29) is 0 Å². The molecule has 0 bridgehead atoms. The van der Waals surface area contributed by atoms with Crippen molar-refractivity contribution in [2.45, 2.75) is 20.4 Å². The Bertz CT molecular complexity index is 398. The molecule has 1 nitrogen and oxygen atoms in total. The summed E-state index contributed by atoms with van der Waals surface area (Å²) in [5.41, 5.74) is 2.51. The summed E-state index contributed by atoms with van der Waals surface area (Å²) >= 11 is 0. The van der Waals surface area contributed by atoms with E-state index in [2.05, 4.69) is 48.7 Å². The van der Waals surface area contributed by atoms with Gasteiger partial charge >= 0.3 is 0 Å². The van der Waals surface area contributed by atoms with Crippen molar-refractivity contribution in [2.24, 2.45) is 0 Å². The van der Waals surface area contributed by atoms with Crippen LogP contribution in [0, 0.1) is 13.0 Å². The van der Waals surface area contributed by atoms with Crippen LogP contribution in [0.2, 0.25) is 0 Å². The summed E-state index contributed by atoms with van der Waals surface area (Å²) in [6.45, 7) is 5.28. The Morgan fingerprint density at radius 1 is 1.33 bits per heavy atom. The van der Waals surface area contributed by atoms with E-state index >= 15 is 0 Å². The largest absolute Gasteiger partial charge is 0.345 e. The first-order valence-electron chi connectivity index (χ1n) is 4.30. The number of para-hydroxylation sites is 1. The molecule has 0 atom stereocenters. The molecule has 0 aliphatic rings. The zero-order valence-electron chi connectivity index (χ0n) is 7.46. The van der Waals surface area contributed by atoms with Crippen molar-refractivity contribution in [1.29, 1.82) is 0 Å². The smallest absolute Gasteiger partial charge is 0.0488 e. The van der Waals surface area contributed by atoms with E-state index in [0.29, 0.717) is 0 Å². The number of hydrogen-bond acceptors (Lipinski definition) is 0. The van der Waals surface area contributed by atoms with Gasteiger partial charge in [-0.1, -0.05) is 18.2 Å². The van der Waals surface area contributed by atoms with Crippen LogP contribution in [0.15, 0.2) is 24.3 Å². The quantitative estimate of drug-likeness (QED) is 0.601. The standard InChI is InChI=1S/C11H12N/c1-3-12-9(2)8-10-6-4-5-7-11(10)12/h4-7H,3H2,1-2H3. The van der Waals surface area contributed by atoms with Crippen molar-refractivity contribution in [3.05, 3.63) is 36.0 Å². The van der Waals surface area contributed by atoms with E-state index in [4.69, 9.17) is 0 Å². The molecule has 0 fully saturated rings. The van der Waals surface area contributed by atoms with Gasteiger partial charge in [-0.15, -0.1) is 0 Å². The molecule has 0 amide bonds. The van der Waals surface area contributed by atoms with Crippen LogP contribution in [-0.2, 0) is 6.54 Å². The molecule has 0 aliphatic heterocycles. The fourth-order valence-corrected chi connectivity index (χ4v) is 1.67. The van der Waals surface area contributed by atoms with E-state index in [1.165, 1.54) is 16.6 Å². The molecule has 1 radical (unpaired) electrons. The van der Waals surface area contributed by atoms with E-state index < -0.39 is 0 Å². The molecule has 1 heterocycles. The molecule has 0 N–H and O–H groups in total. The highest BCUT2D eigenvalue weighted by atomic mass is 15.0. The SMILES string of the molecule is CCn1c(C)[c]c2ccccc21. The molecule has 0 aliphatic carbocycles. The zero-order valence-corrected chi connectivity index (χ0v) is 7.46. The van der Waals surface area contributed by atoms with Crippen LogP contribution in [0.3, 0.4) is 0 Å². The van der Waals surface area contributed by atoms with Crippen LogP contribution >= 0.6 is 0 Å². The van der Waals surface area contributed by atoms with Gasteiger partial charge in [0.1, 0.15) is 0 Å². The third-order valence-electron chi connectivity index (χ3n) is 2.23. The third kappa shape index (κ3) is 0.934. The maximum atomic E-state index is 3.34. The number of fused-ring (bicyclic) bond motifs is 1. The molecule has 1 aromatic carbocycles. The van der Waals surface area contributed by atoms with Gasteiger partial charge in [0.15, 0.2) is 0 Å². The Morgan fingerprint density at radius 2 is 2.08 bits per heavy atom. The van der Waals surface area contributed by atoms with Gasteiger partial charge in [0.2, 0.25) is 0 Å². The number of aryl methyl sites for hydroxylation is 2. The lowest BCUT2D eigenvalue weighted by atomic mass is 10.2. The van der Waals surface area contributed by atoms with Gasteiger partial charge in [-0.2, -0.15) is 0 Å². The Morgan fingerprint density at radius 3 is 2.83 bits per heavy atom. The van der Waals surface area contributed by atoms with Gasteiger partial charge in [0.05, 0.1) is 0 Å². The highest BCUT2D eigenvalue weighted by molar-refractivity contribution is 5.80. The fourth-order valence-electron chi connectivity index (χ4n) is 1.67. The van der Waals surface area contributed by atoms with Gasteiger partial charge in [-0.3, -0.25) is 0 Å². The van der Waals surface area contributed by atoms with Crippen LogP contribution in [0.5, 0.6) is 0 Å². The first kappa shape index (κ1) is 7.41. The van der Waals surface area contributed by atoms with Crippen LogP contribution in [0.25, 0.3) is 10.9 Å². The summed E-state index contributed by atoms with van der Waals surface area (Å²) < 4.78 is 2.27. The second-order valence-corrected chi connectivity index (χ2v) is 2.97. The minimum atomic E-state index is 1.02. The molecule has 0 unspecified atom stereocenters. The van der Waals surface area contributed by atoms with E-state index in [1.807, 2.05) is 0 Å². The second-order valence-electron chi connectivity index (χ2n) is 2.97. The zero-order chi connectivity index (χ0) is 8.55. The summed E-state index contributed by atoms with van der Waals surface area (Å²) in [7, 11) is 0. The summed E-state index contributed by atoms with van der Waals surface area (Å²) in [6.07, 6.45) is 0. The second kappa shape index (κ2) is 2.67. The molecule has 0 saturated carbocycles. The Kier molecular flexibility index (Phi) is 1.65. The molecule has 1 aromatic heterocycles. The van der Waals surface area contributed by atoms with Gasteiger partial charge in [0, 0.05) is 29.2 Å². The first-order chi connectivity index (χ1) is 5.83. The summed E-state index contributed by atoms with van der Waals surface area (Å²) in [4.78, 5) is 0. The number of rotatable bonds is 1. The Balaban J connectivity index is 2.81. The van der Waals surface area contributed by atoms with Gasteiger partial charge in [0.25, 0.3) is 0 Å². The number of benzene rings is 1. The third-order valence-corrected chi connectivity index (χ3v) is 2.23. The van der Waals surface area contributed by atoms with Crippen molar-refractivity contribution < 1.29 is 0 Å². The van der Waals surface area contributed by atoms with Crippen LogP contribution in [0.4, 0.5) is 0 Å². The molecule has 2 aromatic rings. The van der Waals surface area contributed by atoms with Crippen molar-refractivity contribution >= 4 is 10.9 Å². The summed E-state index contributed by atoms with van der Waals surface area (Å²) in [5.74, 6) is 0. The monoisotopic (exact) mass is 158 g/mol. The fraction of sp³-hybridized carbons (Fsp3) is 0.273.